The molecule has 0 saturated carbocycles. The molecule has 3 N–H and O–H groups in total. The van der Waals surface area contributed by atoms with Crippen molar-refractivity contribution in [3.8, 4) is 0 Å². The van der Waals surface area contributed by atoms with Crippen molar-refractivity contribution in [1.82, 2.24) is 5.32 Å². The lowest BCUT2D eigenvalue weighted by atomic mass is 10.0. The Morgan fingerprint density at radius 3 is 2.31 bits per heavy atom. The average Bonchev–Trinajstić information content (AvgIpc) is 2.15. The number of hydrogen-bond acceptors (Lipinski definition) is 3. The highest BCUT2D eigenvalue weighted by molar-refractivity contribution is 5.85. The van der Waals surface area contributed by atoms with Crippen molar-refractivity contribution in [3.63, 3.8) is 0 Å². The zero-order valence-corrected chi connectivity index (χ0v) is 11.5. The smallest absolute Gasteiger partial charge is 0.224 e. The SMILES string of the molecule is CC(C)OCCCNC(=O)C(C)C(C)N.Cl. The molecule has 0 aliphatic rings. The van der Waals surface area contributed by atoms with Crippen LogP contribution in [0.4, 0.5) is 0 Å². The van der Waals surface area contributed by atoms with E-state index in [0.717, 1.165) is 6.42 Å². The maximum atomic E-state index is 11.4. The summed E-state index contributed by atoms with van der Waals surface area (Å²) < 4.78 is 5.36. The number of amides is 1. The van der Waals surface area contributed by atoms with Crippen LogP contribution in [-0.2, 0) is 9.53 Å². The van der Waals surface area contributed by atoms with Gasteiger partial charge in [-0.05, 0) is 27.2 Å². The molecule has 0 spiro atoms. The molecule has 0 bridgehead atoms. The number of hydrogen-bond donors (Lipinski definition) is 2. The van der Waals surface area contributed by atoms with Gasteiger partial charge in [-0.15, -0.1) is 12.4 Å². The van der Waals surface area contributed by atoms with E-state index in [9.17, 15) is 4.79 Å². The van der Waals surface area contributed by atoms with Crippen LogP contribution in [0.2, 0.25) is 0 Å². The fraction of sp³-hybridized carbons (Fsp3) is 0.909. The van der Waals surface area contributed by atoms with Crippen LogP contribution < -0.4 is 11.1 Å². The monoisotopic (exact) mass is 252 g/mol. The number of ether oxygens (including phenoxy) is 1. The van der Waals surface area contributed by atoms with Crippen molar-refractivity contribution >= 4 is 18.3 Å². The third-order valence-electron chi connectivity index (χ3n) is 2.27. The van der Waals surface area contributed by atoms with Gasteiger partial charge in [-0.1, -0.05) is 6.92 Å². The molecule has 2 atom stereocenters. The summed E-state index contributed by atoms with van der Waals surface area (Å²) in [5.41, 5.74) is 5.62. The summed E-state index contributed by atoms with van der Waals surface area (Å²) in [6.07, 6.45) is 1.10. The summed E-state index contributed by atoms with van der Waals surface area (Å²) in [6, 6.07) is -0.100. The van der Waals surface area contributed by atoms with Crippen molar-refractivity contribution < 1.29 is 9.53 Å². The Labute approximate surface area is 105 Å². The minimum absolute atomic E-state index is 0. The first kappa shape index (κ1) is 18.1. The number of halogens is 1. The summed E-state index contributed by atoms with van der Waals surface area (Å²) in [6.45, 7) is 9.01. The van der Waals surface area contributed by atoms with Crippen molar-refractivity contribution in [2.24, 2.45) is 11.7 Å². The molecular formula is C11H25ClN2O2. The van der Waals surface area contributed by atoms with E-state index in [4.69, 9.17) is 10.5 Å². The van der Waals surface area contributed by atoms with Gasteiger partial charge in [0.2, 0.25) is 5.91 Å². The van der Waals surface area contributed by atoms with Gasteiger partial charge in [0, 0.05) is 25.1 Å². The van der Waals surface area contributed by atoms with Crippen LogP contribution in [0.1, 0.15) is 34.1 Å². The maximum Gasteiger partial charge on any atom is 0.224 e. The number of rotatable bonds is 7. The molecule has 4 nitrogen and oxygen atoms in total. The Kier molecular flexibility index (Phi) is 11.1. The van der Waals surface area contributed by atoms with E-state index >= 15 is 0 Å². The molecule has 5 heteroatoms. The number of carbonyl (C=O) groups is 1. The van der Waals surface area contributed by atoms with Crippen molar-refractivity contribution in [2.75, 3.05) is 13.2 Å². The first-order valence-corrected chi connectivity index (χ1v) is 5.60. The van der Waals surface area contributed by atoms with E-state index in [-0.39, 0.29) is 36.4 Å². The van der Waals surface area contributed by atoms with Crippen LogP contribution >= 0.6 is 12.4 Å². The molecule has 0 radical (unpaired) electrons. The predicted octanol–water partition coefficient (Wildman–Crippen LogP) is 1.32. The highest BCUT2D eigenvalue weighted by Crippen LogP contribution is 1.99. The first-order valence-electron chi connectivity index (χ1n) is 5.60. The van der Waals surface area contributed by atoms with Gasteiger partial charge < -0.3 is 15.8 Å². The van der Waals surface area contributed by atoms with Crippen LogP contribution in [0.5, 0.6) is 0 Å². The minimum Gasteiger partial charge on any atom is -0.379 e. The Hall–Kier alpha value is -0.320. The predicted molar refractivity (Wildman–Crippen MR) is 68.8 cm³/mol. The van der Waals surface area contributed by atoms with E-state index in [2.05, 4.69) is 5.32 Å². The lowest BCUT2D eigenvalue weighted by molar-refractivity contribution is -0.124. The van der Waals surface area contributed by atoms with Crippen LogP contribution in [0.15, 0.2) is 0 Å². The molecule has 0 aliphatic heterocycles. The summed E-state index contributed by atoms with van der Waals surface area (Å²) in [7, 11) is 0. The quantitative estimate of drug-likeness (QED) is 0.672. The molecule has 2 unspecified atom stereocenters. The Morgan fingerprint density at radius 1 is 1.31 bits per heavy atom. The average molecular weight is 253 g/mol. The fourth-order valence-corrected chi connectivity index (χ4v) is 1.00. The summed E-state index contributed by atoms with van der Waals surface area (Å²) in [5, 5.41) is 2.84. The van der Waals surface area contributed by atoms with E-state index in [1.54, 1.807) is 0 Å². The fourth-order valence-electron chi connectivity index (χ4n) is 1.00. The maximum absolute atomic E-state index is 11.4. The third kappa shape index (κ3) is 8.95. The molecule has 0 aromatic carbocycles. The number of carbonyl (C=O) groups excluding carboxylic acids is 1. The van der Waals surface area contributed by atoms with Crippen LogP contribution in [0.25, 0.3) is 0 Å². The topological polar surface area (TPSA) is 64.3 Å². The molecule has 98 valence electrons. The molecule has 0 aromatic rings. The number of nitrogens with two attached hydrogens (primary N) is 1. The van der Waals surface area contributed by atoms with Gasteiger partial charge in [-0.3, -0.25) is 4.79 Å². The zero-order valence-electron chi connectivity index (χ0n) is 10.7. The standard InChI is InChI=1S/C11H24N2O2.ClH/c1-8(2)15-7-5-6-13-11(14)9(3)10(4)12;/h8-10H,5-7,12H2,1-4H3,(H,13,14);1H. The molecule has 0 saturated heterocycles. The Morgan fingerprint density at radius 2 is 1.88 bits per heavy atom. The van der Waals surface area contributed by atoms with Gasteiger partial charge in [0.1, 0.15) is 0 Å². The Bertz CT molecular complexity index is 187. The van der Waals surface area contributed by atoms with Crippen molar-refractivity contribution in [1.29, 1.82) is 0 Å². The molecule has 1 amide bonds. The van der Waals surface area contributed by atoms with E-state index < -0.39 is 0 Å². The normalized spacial score (nSPS) is 14.1. The first-order chi connectivity index (χ1) is 6.95. The molecule has 0 aliphatic carbocycles. The molecule has 16 heavy (non-hydrogen) atoms. The van der Waals surface area contributed by atoms with Gasteiger partial charge >= 0.3 is 0 Å². The summed E-state index contributed by atoms with van der Waals surface area (Å²) in [4.78, 5) is 11.4. The largest absolute Gasteiger partial charge is 0.379 e. The highest BCUT2D eigenvalue weighted by Gasteiger charge is 2.15. The van der Waals surface area contributed by atoms with Crippen molar-refractivity contribution in [3.05, 3.63) is 0 Å². The molecule has 0 heterocycles. The van der Waals surface area contributed by atoms with Crippen molar-refractivity contribution in [2.45, 2.75) is 46.3 Å². The van der Waals surface area contributed by atoms with E-state index in [0.29, 0.717) is 13.2 Å². The van der Waals surface area contributed by atoms with Gasteiger partial charge in [-0.2, -0.15) is 0 Å². The second-order valence-electron chi connectivity index (χ2n) is 4.21. The third-order valence-corrected chi connectivity index (χ3v) is 2.27. The van der Waals surface area contributed by atoms with Crippen LogP contribution in [0.3, 0.4) is 0 Å². The van der Waals surface area contributed by atoms with Crippen LogP contribution in [-0.4, -0.2) is 31.2 Å². The summed E-state index contributed by atoms with van der Waals surface area (Å²) in [5.74, 6) is -0.106. The Balaban J connectivity index is 0. The summed E-state index contributed by atoms with van der Waals surface area (Å²) >= 11 is 0. The van der Waals surface area contributed by atoms with E-state index in [1.807, 2.05) is 27.7 Å². The van der Waals surface area contributed by atoms with Crippen LogP contribution in [0, 0.1) is 5.92 Å². The molecule has 0 aromatic heterocycles. The lowest BCUT2D eigenvalue weighted by Crippen LogP contribution is -2.39. The van der Waals surface area contributed by atoms with Gasteiger partial charge in [0.15, 0.2) is 0 Å². The zero-order chi connectivity index (χ0) is 11.8. The lowest BCUT2D eigenvalue weighted by Gasteiger charge is -2.15. The number of nitrogens with one attached hydrogen (secondary N) is 1. The van der Waals surface area contributed by atoms with Gasteiger partial charge in [0.25, 0.3) is 0 Å². The second kappa shape index (κ2) is 9.87. The molecule has 0 fully saturated rings. The van der Waals surface area contributed by atoms with Gasteiger partial charge in [0.05, 0.1) is 6.10 Å². The highest BCUT2D eigenvalue weighted by atomic mass is 35.5. The molecule has 0 rings (SSSR count). The minimum atomic E-state index is -0.129. The van der Waals surface area contributed by atoms with Gasteiger partial charge in [-0.25, -0.2) is 0 Å². The second-order valence-corrected chi connectivity index (χ2v) is 4.21. The van der Waals surface area contributed by atoms with E-state index in [1.165, 1.54) is 0 Å². The molecular weight excluding hydrogens is 228 g/mol.